The van der Waals surface area contributed by atoms with Gasteiger partial charge in [-0.25, -0.2) is 4.39 Å². The van der Waals surface area contributed by atoms with Crippen LogP contribution in [0.2, 0.25) is 0 Å². The highest BCUT2D eigenvalue weighted by Gasteiger charge is 2.32. The Hall–Kier alpha value is -4.42. The number of likely N-dealkylation sites (N-methyl/N-ethyl adjacent to an activating group) is 1. The molecule has 218 valence electrons. The summed E-state index contributed by atoms with van der Waals surface area (Å²) in [4.78, 5) is 14.8. The van der Waals surface area contributed by atoms with Gasteiger partial charge in [0.1, 0.15) is 11.5 Å². The molecule has 1 fully saturated rings. The molecule has 1 saturated carbocycles. The zero-order chi connectivity index (χ0) is 30.4. The molecule has 0 aromatic heterocycles. The average molecular weight is 577 g/mol. The van der Waals surface area contributed by atoms with Crippen molar-refractivity contribution >= 4 is 17.3 Å². The van der Waals surface area contributed by atoms with Crippen molar-refractivity contribution in [3.8, 4) is 6.07 Å². The molecule has 3 aromatic rings. The minimum absolute atomic E-state index is 0.128. The number of carbonyl (C=O) groups excluding carboxylic acids is 1. The van der Waals surface area contributed by atoms with Gasteiger partial charge in [0.25, 0.3) is 5.91 Å². The van der Waals surface area contributed by atoms with E-state index in [4.69, 9.17) is 5.73 Å². The van der Waals surface area contributed by atoms with Crippen LogP contribution in [0.4, 0.5) is 28.9 Å². The van der Waals surface area contributed by atoms with Gasteiger partial charge in [0.2, 0.25) is 0 Å². The lowest BCUT2D eigenvalue weighted by Crippen LogP contribution is -2.29. The van der Waals surface area contributed by atoms with Crippen LogP contribution in [-0.2, 0) is 11.3 Å². The van der Waals surface area contributed by atoms with Gasteiger partial charge in [-0.2, -0.15) is 18.4 Å². The first kappa shape index (κ1) is 30.5. The molecular weight excluding hydrogens is 544 g/mol. The second-order valence-electron chi connectivity index (χ2n) is 10.5. The second kappa shape index (κ2) is 13.0. The zero-order valence-corrected chi connectivity index (χ0v) is 23.2. The molecule has 1 amide bonds. The van der Waals surface area contributed by atoms with Gasteiger partial charge in [0.05, 0.1) is 22.9 Å². The maximum atomic E-state index is 15.1. The molecule has 1 atom stereocenters. The van der Waals surface area contributed by atoms with Gasteiger partial charge in [-0.3, -0.25) is 4.79 Å². The van der Waals surface area contributed by atoms with Crippen molar-refractivity contribution in [2.24, 2.45) is 11.7 Å². The van der Waals surface area contributed by atoms with Crippen molar-refractivity contribution in [1.29, 1.82) is 5.26 Å². The van der Waals surface area contributed by atoms with Gasteiger partial charge in [-0.15, -0.1) is 0 Å². The quantitative estimate of drug-likeness (QED) is 0.140. The molecule has 0 spiro atoms. The van der Waals surface area contributed by atoms with Crippen LogP contribution in [0, 0.1) is 23.1 Å². The van der Waals surface area contributed by atoms with Crippen LogP contribution in [0.3, 0.4) is 0 Å². The third kappa shape index (κ3) is 7.65. The van der Waals surface area contributed by atoms with Gasteiger partial charge in [-0.05, 0) is 77.9 Å². The molecule has 1 unspecified atom stereocenters. The number of nitriles is 1. The molecule has 1 aliphatic rings. The maximum Gasteiger partial charge on any atom is 0.415 e. The average Bonchev–Trinajstić information content (AvgIpc) is 3.81. The standard InChI is InChI=1S/C33H32F4N4O/c1-21(33(35,36)37)16-31(41(2)27-5-3-4-24(17-27)20-39)32(42)40-30-18-26(13-15-29(30)34)28(14-10-22-6-7-22)25-11-8-23(19-38)9-12-25/h3-5,8-9,11-13,15-18,22,28H,1,6-7,10,14,20,39H2,2H3,(H,40,42)/b31-16-. The summed E-state index contributed by atoms with van der Waals surface area (Å²) in [5.74, 6) is -1.15. The molecule has 0 radical (unpaired) electrons. The number of hydrogen-bond acceptors (Lipinski definition) is 4. The summed E-state index contributed by atoms with van der Waals surface area (Å²) in [7, 11) is 1.44. The molecule has 3 aromatic carbocycles. The maximum absolute atomic E-state index is 15.1. The largest absolute Gasteiger partial charge is 0.415 e. The Labute approximate surface area is 243 Å². The number of anilines is 2. The molecule has 42 heavy (non-hydrogen) atoms. The monoisotopic (exact) mass is 576 g/mol. The fourth-order valence-electron chi connectivity index (χ4n) is 4.76. The number of halogens is 4. The van der Waals surface area contributed by atoms with Gasteiger partial charge < -0.3 is 16.0 Å². The molecule has 4 rings (SSSR count). The Bertz CT molecular complexity index is 1520. The Kier molecular flexibility index (Phi) is 9.48. The molecule has 0 aliphatic heterocycles. The number of carbonyl (C=O) groups is 1. The summed E-state index contributed by atoms with van der Waals surface area (Å²) in [6.45, 7) is 3.28. The van der Waals surface area contributed by atoms with Crippen LogP contribution in [0.25, 0.3) is 0 Å². The zero-order valence-electron chi connectivity index (χ0n) is 23.2. The lowest BCUT2D eigenvalue weighted by atomic mass is 9.86. The molecule has 0 heterocycles. The number of nitrogens with zero attached hydrogens (tertiary/aromatic N) is 2. The number of alkyl halides is 3. The van der Waals surface area contributed by atoms with E-state index in [0.717, 1.165) is 24.0 Å². The van der Waals surface area contributed by atoms with Crippen molar-refractivity contribution in [3.05, 3.63) is 119 Å². The summed E-state index contributed by atoms with van der Waals surface area (Å²) < 4.78 is 55.4. The number of nitrogens with one attached hydrogen (secondary N) is 1. The first-order valence-electron chi connectivity index (χ1n) is 13.6. The SMILES string of the molecule is C=C(/C=C(/C(=O)Nc1cc(C(CCC2CC2)c2ccc(C#N)cc2)ccc1F)N(C)c1cccc(CN)c1)C(F)(F)F. The highest BCUT2D eigenvalue weighted by atomic mass is 19.4. The molecule has 0 bridgehead atoms. The number of amides is 1. The van der Waals surface area contributed by atoms with Crippen LogP contribution < -0.4 is 16.0 Å². The normalized spacial score (nSPS) is 14.2. The van der Waals surface area contributed by atoms with Gasteiger partial charge in [0.15, 0.2) is 0 Å². The third-order valence-electron chi connectivity index (χ3n) is 7.45. The summed E-state index contributed by atoms with van der Waals surface area (Å²) in [6, 6.07) is 20.4. The van der Waals surface area contributed by atoms with Crippen molar-refractivity contribution in [2.75, 3.05) is 17.3 Å². The summed E-state index contributed by atoms with van der Waals surface area (Å²) in [5, 5.41) is 11.7. The number of hydrogen-bond donors (Lipinski definition) is 2. The van der Waals surface area contributed by atoms with Crippen LogP contribution in [0.15, 0.2) is 90.7 Å². The minimum atomic E-state index is -4.77. The summed E-state index contributed by atoms with van der Waals surface area (Å²) >= 11 is 0. The van der Waals surface area contributed by atoms with Crippen molar-refractivity contribution in [2.45, 2.75) is 44.3 Å². The van der Waals surface area contributed by atoms with E-state index < -0.39 is 23.5 Å². The van der Waals surface area contributed by atoms with E-state index in [0.29, 0.717) is 28.8 Å². The Morgan fingerprint density at radius 2 is 1.83 bits per heavy atom. The predicted octanol–water partition coefficient (Wildman–Crippen LogP) is 7.56. The molecular formula is C33H32F4N4O. The third-order valence-corrected chi connectivity index (χ3v) is 7.45. The summed E-state index contributed by atoms with van der Waals surface area (Å²) in [5.41, 5.74) is 7.29. The van der Waals surface area contributed by atoms with Crippen molar-refractivity contribution < 1.29 is 22.4 Å². The Morgan fingerprint density at radius 3 is 2.45 bits per heavy atom. The lowest BCUT2D eigenvalue weighted by Gasteiger charge is -2.24. The molecule has 5 nitrogen and oxygen atoms in total. The van der Waals surface area contributed by atoms with Gasteiger partial charge in [0, 0.05) is 25.2 Å². The Balaban J connectivity index is 1.68. The van der Waals surface area contributed by atoms with Gasteiger partial charge in [-0.1, -0.05) is 49.8 Å². The number of nitrogens with two attached hydrogens (primary N) is 1. The van der Waals surface area contributed by atoms with E-state index in [1.807, 2.05) is 12.1 Å². The topological polar surface area (TPSA) is 82.2 Å². The molecule has 1 aliphatic carbocycles. The van der Waals surface area contributed by atoms with Crippen molar-refractivity contribution in [3.63, 3.8) is 0 Å². The molecule has 0 saturated heterocycles. The van der Waals surface area contributed by atoms with Crippen LogP contribution in [0.5, 0.6) is 0 Å². The van der Waals surface area contributed by atoms with E-state index in [9.17, 15) is 23.2 Å². The summed E-state index contributed by atoms with van der Waals surface area (Å²) in [6.07, 6.45) is -0.0290. The lowest BCUT2D eigenvalue weighted by molar-refractivity contribution is -0.113. The smallest absolute Gasteiger partial charge is 0.340 e. The highest BCUT2D eigenvalue weighted by molar-refractivity contribution is 6.06. The van der Waals surface area contributed by atoms with E-state index in [-0.39, 0.29) is 23.8 Å². The van der Waals surface area contributed by atoms with Crippen LogP contribution in [0.1, 0.15) is 53.9 Å². The first-order valence-corrected chi connectivity index (χ1v) is 13.6. The van der Waals surface area contributed by atoms with E-state index in [1.54, 1.807) is 42.5 Å². The Morgan fingerprint density at radius 1 is 1.14 bits per heavy atom. The van der Waals surface area contributed by atoms with Crippen LogP contribution >= 0.6 is 0 Å². The highest BCUT2D eigenvalue weighted by Crippen LogP contribution is 2.39. The number of rotatable bonds is 11. The fraction of sp³-hybridized carbons (Fsp3) is 0.273. The van der Waals surface area contributed by atoms with E-state index in [2.05, 4.69) is 18.0 Å². The number of benzene rings is 3. The first-order chi connectivity index (χ1) is 20.0. The molecule has 3 N–H and O–H groups in total. The molecule has 9 heteroatoms. The van der Waals surface area contributed by atoms with E-state index >= 15 is 4.39 Å². The van der Waals surface area contributed by atoms with Gasteiger partial charge >= 0.3 is 6.18 Å². The van der Waals surface area contributed by atoms with Crippen molar-refractivity contribution in [1.82, 2.24) is 0 Å². The van der Waals surface area contributed by atoms with E-state index in [1.165, 1.54) is 36.9 Å². The number of allylic oxidation sites excluding steroid dienone is 2. The van der Waals surface area contributed by atoms with Crippen LogP contribution in [-0.4, -0.2) is 19.1 Å². The minimum Gasteiger partial charge on any atom is -0.340 e. The second-order valence-corrected chi connectivity index (χ2v) is 10.5. The predicted molar refractivity (Wildman–Crippen MR) is 156 cm³/mol. The fourth-order valence-corrected chi connectivity index (χ4v) is 4.76.